The molecule has 0 aliphatic heterocycles. The number of aromatic nitrogens is 1. The molecule has 2 N–H and O–H groups in total. The van der Waals surface area contributed by atoms with Gasteiger partial charge in [-0.25, -0.2) is 18.1 Å². The highest BCUT2D eigenvalue weighted by Crippen LogP contribution is 2.14. The van der Waals surface area contributed by atoms with Gasteiger partial charge < -0.3 is 9.73 Å². The van der Waals surface area contributed by atoms with E-state index in [1.807, 2.05) is 12.3 Å². The molecule has 2 aromatic heterocycles. The number of furan rings is 1. The van der Waals surface area contributed by atoms with Crippen LogP contribution >= 0.6 is 11.3 Å². The number of thiazole rings is 1. The van der Waals surface area contributed by atoms with Gasteiger partial charge in [-0.2, -0.15) is 0 Å². The Balaban J connectivity index is 1.92. The molecular weight excluding hydrogens is 298 g/mol. The topological polar surface area (TPSA) is 84.2 Å². The van der Waals surface area contributed by atoms with Gasteiger partial charge in [0.25, 0.3) is 10.0 Å². The van der Waals surface area contributed by atoms with E-state index in [4.69, 9.17) is 4.42 Å². The summed E-state index contributed by atoms with van der Waals surface area (Å²) in [6.07, 6.45) is 0.563. The molecule has 0 aliphatic carbocycles. The van der Waals surface area contributed by atoms with Gasteiger partial charge in [0.15, 0.2) is 0 Å². The lowest BCUT2D eigenvalue weighted by Crippen LogP contribution is -2.25. The zero-order valence-corrected chi connectivity index (χ0v) is 13.0. The monoisotopic (exact) mass is 315 g/mol. The van der Waals surface area contributed by atoms with Crippen LogP contribution in [0.1, 0.15) is 16.5 Å². The summed E-state index contributed by atoms with van der Waals surface area (Å²) in [5.41, 5.74) is 0.894. The maximum absolute atomic E-state index is 12.0. The van der Waals surface area contributed by atoms with Crippen LogP contribution in [-0.4, -0.2) is 27.0 Å². The van der Waals surface area contributed by atoms with Crippen molar-refractivity contribution in [2.24, 2.45) is 0 Å². The predicted octanol–water partition coefficient (Wildman–Crippen LogP) is 1.28. The Bertz CT molecular complexity index is 661. The summed E-state index contributed by atoms with van der Waals surface area (Å²) in [4.78, 5) is 4.28. The summed E-state index contributed by atoms with van der Waals surface area (Å²) >= 11 is 1.55. The number of nitrogens with one attached hydrogen (secondary N) is 2. The van der Waals surface area contributed by atoms with Gasteiger partial charge in [-0.05, 0) is 26.1 Å². The SMILES string of the molecule is CNCc1ccc(S(=O)(=O)NCCc2csc(C)n2)o1. The largest absolute Gasteiger partial charge is 0.447 e. The van der Waals surface area contributed by atoms with Crippen LogP contribution in [0, 0.1) is 6.92 Å². The molecule has 0 saturated carbocycles. The van der Waals surface area contributed by atoms with Crippen molar-refractivity contribution in [1.29, 1.82) is 0 Å². The van der Waals surface area contributed by atoms with Crippen LogP contribution < -0.4 is 10.0 Å². The average molecular weight is 315 g/mol. The second-order valence-electron chi connectivity index (χ2n) is 4.26. The molecule has 110 valence electrons. The molecule has 0 aliphatic rings. The van der Waals surface area contributed by atoms with Crippen molar-refractivity contribution < 1.29 is 12.8 Å². The molecule has 0 radical (unpaired) electrons. The Hall–Kier alpha value is -1.22. The Morgan fingerprint density at radius 3 is 2.85 bits per heavy atom. The summed E-state index contributed by atoms with van der Waals surface area (Å²) in [5, 5.41) is 5.75. The highest BCUT2D eigenvalue weighted by Gasteiger charge is 2.18. The minimum absolute atomic E-state index is 0.0581. The number of aryl methyl sites for hydroxylation is 1. The fourth-order valence-corrected chi connectivity index (χ4v) is 3.30. The van der Waals surface area contributed by atoms with Crippen molar-refractivity contribution in [3.05, 3.63) is 34.0 Å². The van der Waals surface area contributed by atoms with E-state index >= 15 is 0 Å². The molecule has 2 heterocycles. The smallest absolute Gasteiger partial charge is 0.273 e. The van der Waals surface area contributed by atoms with Crippen molar-refractivity contribution in [3.8, 4) is 0 Å². The lowest BCUT2D eigenvalue weighted by atomic mass is 10.3. The minimum Gasteiger partial charge on any atom is -0.447 e. The Labute approximate surface area is 122 Å². The number of hydrogen-bond donors (Lipinski definition) is 2. The van der Waals surface area contributed by atoms with E-state index in [2.05, 4.69) is 15.0 Å². The average Bonchev–Trinajstić information content (AvgIpc) is 2.99. The second kappa shape index (κ2) is 6.49. The molecule has 6 nitrogen and oxygen atoms in total. The van der Waals surface area contributed by atoms with E-state index in [-0.39, 0.29) is 5.09 Å². The molecule has 0 aromatic carbocycles. The first kappa shape index (κ1) is 15.2. The minimum atomic E-state index is -3.59. The number of nitrogens with zero attached hydrogens (tertiary/aromatic N) is 1. The van der Waals surface area contributed by atoms with Gasteiger partial charge in [-0.3, -0.25) is 0 Å². The van der Waals surface area contributed by atoms with Crippen LogP contribution in [0.2, 0.25) is 0 Å². The van der Waals surface area contributed by atoms with E-state index in [0.717, 1.165) is 10.7 Å². The van der Waals surface area contributed by atoms with Crippen molar-refractivity contribution >= 4 is 21.4 Å². The van der Waals surface area contributed by atoms with Gasteiger partial charge in [-0.1, -0.05) is 0 Å². The summed E-state index contributed by atoms with van der Waals surface area (Å²) in [5.74, 6) is 0.586. The van der Waals surface area contributed by atoms with Crippen molar-refractivity contribution in [2.45, 2.75) is 25.0 Å². The molecule has 0 unspecified atom stereocenters. The zero-order valence-electron chi connectivity index (χ0n) is 11.3. The van der Waals surface area contributed by atoms with E-state index in [0.29, 0.717) is 25.3 Å². The van der Waals surface area contributed by atoms with Gasteiger partial charge in [0.05, 0.1) is 17.2 Å². The third kappa shape index (κ3) is 3.89. The van der Waals surface area contributed by atoms with E-state index < -0.39 is 10.0 Å². The lowest BCUT2D eigenvalue weighted by molar-refractivity contribution is 0.404. The molecule has 0 fully saturated rings. The standard InChI is InChI=1S/C12H17N3O3S2/c1-9-15-10(8-19-9)5-6-14-20(16,17)12-4-3-11(18-12)7-13-2/h3-4,8,13-14H,5-7H2,1-2H3. The highest BCUT2D eigenvalue weighted by atomic mass is 32.2. The second-order valence-corrected chi connectivity index (χ2v) is 7.02. The molecule has 20 heavy (non-hydrogen) atoms. The quantitative estimate of drug-likeness (QED) is 0.804. The molecule has 8 heteroatoms. The van der Waals surface area contributed by atoms with Crippen LogP contribution in [0.5, 0.6) is 0 Å². The third-order valence-electron chi connectivity index (χ3n) is 2.59. The summed E-state index contributed by atoms with van der Waals surface area (Å²) < 4.78 is 31.8. The molecule has 2 rings (SSSR count). The van der Waals surface area contributed by atoms with E-state index in [1.54, 1.807) is 24.5 Å². The van der Waals surface area contributed by atoms with Crippen LogP contribution in [-0.2, 0) is 23.0 Å². The number of rotatable bonds is 7. The first-order valence-corrected chi connectivity index (χ1v) is 8.51. The Morgan fingerprint density at radius 2 is 2.20 bits per heavy atom. The molecule has 0 saturated heterocycles. The Morgan fingerprint density at radius 1 is 1.40 bits per heavy atom. The van der Waals surface area contributed by atoms with Crippen LogP contribution in [0.15, 0.2) is 27.0 Å². The van der Waals surface area contributed by atoms with Crippen molar-refractivity contribution in [2.75, 3.05) is 13.6 Å². The third-order valence-corrected chi connectivity index (χ3v) is 4.75. The normalized spacial score (nSPS) is 11.9. The van der Waals surface area contributed by atoms with Crippen molar-refractivity contribution in [1.82, 2.24) is 15.0 Å². The maximum Gasteiger partial charge on any atom is 0.273 e. The summed E-state index contributed by atoms with van der Waals surface area (Å²) in [7, 11) is -1.82. The van der Waals surface area contributed by atoms with Crippen molar-refractivity contribution in [3.63, 3.8) is 0 Å². The molecule has 0 bridgehead atoms. The lowest BCUT2D eigenvalue weighted by Gasteiger charge is -2.03. The van der Waals surface area contributed by atoms with Gasteiger partial charge in [-0.15, -0.1) is 11.3 Å². The fraction of sp³-hybridized carbons (Fsp3) is 0.417. The molecule has 0 amide bonds. The fourth-order valence-electron chi connectivity index (χ4n) is 1.68. The Kier molecular flexibility index (Phi) is 4.92. The highest BCUT2D eigenvalue weighted by molar-refractivity contribution is 7.89. The number of hydrogen-bond acceptors (Lipinski definition) is 6. The maximum atomic E-state index is 12.0. The summed E-state index contributed by atoms with van der Waals surface area (Å²) in [6.45, 7) is 2.71. The molecule has 0 spiro atoms. The van der Waals surface area contributed by atoms with Gasteiger partial charge in [0, 0.05) is 18.3 Å². The van der Waals surface area contributed by atoms with E-state index in [1.165, 1.54) is 6.07 Å². The van der Waals surface area contributed by atoms with Gasteiger partial charge >= 0.3 is 0 Å². The molecule has 2 aromatic rings. The van der Waals surface area contributed by atoms with Gasteiger partial charge in [0.1, 0.15) is 5.76 Å². The molecular formula is C12H17N3O3S2. The zero-order chi connectivity index (χ0) is 14.6. The summed E-state index contributed by atoms with van der Waals surface area (Å²) in [6, 6.07) is 3.11. The van der Waals surface area contributed by atoms with Crippen LogP contribution in [0.3, 0.4) is 0 Å². The van der Waals surface area contributed by atoms with Crippen LogP contribution in [0.4, 0.5) is 0 Å². The van der Waals surface area contributed by atoms with Gasteiger partial charge in [0.2, 0.25) is 5.09 Å². The number of sulfonamides is 1. The van der Waals surface area contributed by atoms with E-state index in [9.17, 15) is 8.42 Å². The predicted molar refractivity (Wildman–Crippen MR) is 77.2 cm³/mol. The first-order chi connectivity index (χ1) is 9.51. The van der Waals surface area contributed by atoms with Crippen LogP contribution in [0.25, 0.3) is 0 Å². The first-order valence-electron chi connectivity index (χ1n) is 6.15. The molecule has 0 atom stereocenters.